The Kier molecular flexibility index (Phi) is 47.5. The fourth-order valence-corrected chi connectivity index (χ4v) is 8.64. The molecule has 0 aromatic carbocycles. The highest BCUT2D eigenvalue weighted by Crippen LogP contribution is 2.18. The monoisotopic (exact) mass is 808 g/mol. The quantitative estimate of drug-likeness (QED) is 0.0461. The molecular weight excluding hydrogens is 703 g/mol. The summed E-state index contributed by atoms with van der Waals surface area (Å²) in [6, 6.07) is -0.803. The van der Waals surface area contributed by atoms with Crippen LogP contribution < -0.4 is 5.32 Å². The van der Waals surface area contributed by atoms with Gasteiger partial charge in [-0.2, -0.15) is 0 Å². The van der Waals surface area contributed by atoms with E-state index < -0.39 is 18.2 Å². The number of hydrogen-bond donors (Lipinski definition) is 4. The minimum Gasteiger partial charge on any atom is -0.394 e. The standard InChI is InChI=1S/C52H105NO4/c1-3-5-7-9-11-13-15-17-18-19-20-21-22-23-24-25-26-27-28-29-30-31-32-33-35-37-39-41-43-45-47-51(56)53-49(48-54)52(57)50(55)46-44-42-40-38-36-34-16-14-12-10-8-6-4-2/h49-50,52,54-55,57H,3-48H2,1-2H3,(H,53,56)/t49-,50+,52-/m0/s1. The van der Waals surface area contributed by atoms with Gasteiger partial charge in [0.2, 0.25) is 5.91 Å². The Morgan fingerprint density at radius 3 is 0.842 bits per heavy atom. The SMILES string of the molecule is CCCCCCCCCCCCCCCCCCCCCCCCCCCCCCCCC(=O)N[C@@H](CO)[C@H](O)[C@H](O)CCCCCCCCCCCCCCC. The van der Waals surface area contributed by atoms with Crippen LogP contribution in [0.25, 0.3) is 0 Å². The lowest BCUT2D eigenvalue weighted by Gasteiger charge is -2.26. The number of nitrogens with one attached hydrogen (secondary N) is 1. The zero-order chi connectivity index (χ0) is 41.5. The van der Waals surface area contributed by atoms with Gasteiger partial charge in [0.25, 0.3) is 0 Å². The predicted octanol–water partition coefficient (Wildman–Crippen LogP) is 15.8. The van der Waals surface area contributed by atoms with E-state index in [1.807, 2.05) is 0 Å². The fourth-order valence-electron chi connectivity index (χ4n) is 8.64. The van der Waals surface area contributed by atoms with E-state index >= 15 is 0 Å². The molecule has 0 saturated carbocycles. The van der Waals surface area contributed by atoms with Crippen LogP contribution in [0.3, 0.4) is 0 Å². The zero-order valence-corrected chi connectivity index (χ0v) is 39.0. The summed E-state index contributed by atoms with van der Waals surface area (Å²) in [5.74, 6) is -0.138. The summed E-state index contributed by atoms with van der Waals surface area (Å²) in [5, 5.41) is 33.6. The molecule has 0 radical (unpaired) electrons. The number of amides is 1. The molecule has 0 aliphatic heterocycles. The maximum absolute atomic E-state index is 12.5. The summed E-state index contributed by atoms with van der Waals surface area (Å²) < 4.78 is 0. The lowest BCUT2D eigenvalue weighted by atomic mass is 9.99. The van der Waals surface area contributed by atoms with Gasteiger partial charge in [0.15, 0.2) is 0 Å². The summed E-state index contributed by atoms with van der Waals surface area (Å²) in [6.45, 7) is 4.21. The second kappa shape index (κ2) is 48.0. The van der Waals surface area contributed by atoms with Gasteiger partial charge in [0.05, 0.1) is 18.8 Å². The Morgan fingerprint density at radius 1 is 0.368 bits per heavy atom. The third-order valence-corrected chi connectivity index (χ3v) is 12.7. The van der Waals surface area contributed by atoms with Gasteiger partial charge in [-0.15, -0.1) is 0 Å². The highest BCUT2D eigenvalue weighted by molar-refractivity contribution is 5.76. The Labute approximate surface area is 357 Å². The molecule has 5 heteroatoms. The minimum atomic E-state index is -1.13. The van der Waals surface area contributed by atoms with Crippen LogP contribution in [-0.4, -0.2) is 46.1 Å². The highest BCUT2D eigenvalue weighted by atomic mass is 16.3. The van der Waals surface area contributed by atoms with Gasteiger partial charge >= 0.3 is 0 Å². The van der Waals surface area contributed by atoms with E-state index in [2.05, 4.69) is 19.2 Å². The molecule has 5 nitrogen and oxygen atoms in total. The van der Waals surface area contributed by atoms with E-state index in [1.54, 1.807) is 0 Å². The first-order valence-electron chi connectivity index (χ1n) is 26.3. The summed E-state index contributed by atoms with van der Waals surface area (Å²) in [6.07, 6.45) is 56.8. The topological polar surface area (TPSA) is 89.8 Å². The Hall–Kier alpha value is -0.650. The van der Waals surface area contributed by atoms with Gasteiger partial charge in [-0.25, -0.2) is 0 Å². The van der Waals surface area contributed by atoms with Crippen molar-refractivity contribution >= 4 is 5.91 Å². The van der Waals surface area contributed by atoms with E-state index in [9.17, 15) is 20.1 Å². The van der Waals surface area contributed by atoms with Crippen LogP contribution in [0.5, 0.6) is 0 Å². The number of aliphatic hydroxyl groups excluding tert-OH is 3. The van der Waals surface area contributed by atoms with Crippen molar-refractivity contribution in [1.29, 1.82) is 0 Å². The van der Waals surface area contributed by atoms with E-state index in [-0.39, 0.29) is 12.5 Å². The van der Waals surface area contributed by atoms with E-state index in [0.29, 0.717) is 12.8 Å². The molecule has 0 aromatic rings. The van der Waals surface area contributed by atoms with Gasteiger partial charge in [-0.3, -0.25) is 4.79 Å². The van der Waals surface area contributed by atoms with Crippen LogP contribution in [0.2, 0.25) is 0 Å². The lowest BCUT2D eigenvalue weighted by molar-refractivity contribution is -0.124. The van der Waals surface area contributed by atoms with E-state index in [4.69, 9.17) is 0 Å². The molecule has 57 heavy (non-hydrogen) atoms. The summed E-state index contributed by atoms with van der Waals surface area (Å²) >= 11 is 0. The Balaban J connectivity index is 3.45. The number of aliphatic hydroxyl groups is 3. The maximum atomic E-state index is 12.5. The smallest absolute Gasteiger partial charge is 0.220 e. The van der Waals surface area contributed by atoms with Crippen molar-refractivity contribution < 1.29 is 20.1 Å². The molecule has 4 N–H and O–H groups in total. The molecule has 0 aromatic heterocycles. The average Bonchev–Trinajstić information content (AvgIpc) is 3.22. The Morgan fingerprint density at radius 2 is 0.596 bits per heavy atom. The maximum Gasteiger partial charge on any atom is 0.220 e. The van der Waals surface area contributed by atoms with Gasteiger partial charge in [0, 0.05) is 6.42 Å². The molecule has 0 saturated heterocycles. The second-order valence-electron chi connectivity index (χ2n) is 18.4. The number of carbonyl (C=O) groups excluding carboxylic acids is 1. The first kappa shape index (κ1) is 56.4. The largest absolute Gasteiger partial charge is 0.394 e. The van der Waals surface area contributed by atoms with Crippen LogP contribution in [0.15, 0.2) is 0 Å². The average molecular weight is 808 g/mol. The molecule has 0 aliphatic rings. The number of hydrogen-bond acceptors (Lipinski definition) is 4. The zero-order valence-electron chi connectivity index (χ0n) is 39.0. The highest BCUT2D eigenvalue weighted by Gasteiger charge is 2.26. The van der Waals surface area contributed by atoms with Crippen LogP contribution in [0, 0.1) is 0 Å². The first-order chi connectivity index (χ1) is 28.1. The van der Waals surface area contributed by atoms with Crippen LogP contribution in [0.4, 0.5) is 0 Å². The van der Waals surface area contributed by atoms with Gasteiger partial charge in [-0.1, -0.05) is 284 Å². The lowest BCUT2D eigenvalue weighted by Crippen LogP contribution is -2.50. The van der Waals surface area contributed by atoms with Gasteiger partial charge in [0.1, 0.15) is 6.10 Å². The fraction of sp³-hybridized carbons (Fsp3) is 0.981. The van der Waals surface area contributed by atoms with Gasteiger partial charge in [-0.05, 0) is 12.8 Å². The van der Waals surface area contributed by atoms with Crippen molar-refractivity contribution in [3.8, 4) is 0 Å². The van der Waals surface area contributed by atoms with Crippen LogP contribution in [0.1, 0.15) is 303 Å². The molecule has 0 spiro atoms. The molecule has 0 fully saturated rings. The Bertz CT molecular complexity index is 762. The minimum absolute atomic E-state index is 0.138. The van der Waals surface area contributed by atoms with E-state index in [0.717, 1.165) is 32.1 Å². The second-order valence-corrected chi connectivity index (χ2v) is 18.4. The molecule has 0 bridgehead atoms. The normalized spacial score (nSPS) is 13.3. The molecular formula is C52H105NO4. The first-order valence-corrected chi connectivity index (χ1v) is 26.3. The van der Waals surface area contributed by atoms with E-state index in [1.165, 1.54) is 244 Å². The van der Waals surface area contributed by atoms with Crippen molar-refractivity contribution in [3.05, 3.63) is 0 Å². The van der Waals surface area contributed by atoms with Crippen molar-refractivity contribution in [1.82, 2.24) is 5.32 Å². The summed E-state index contributed by atoms with van der Waals surface area (Å²) in [5.41, 5.74) is 0. The number of unbranched alkanes of at least 4 members (excludes halogenated alkanes) is 41. The molecule has 0 unspecified atom stereocenters. The molecule has 3 atom stereocenters. The van der Waals surface area contributed by atoms with Crippen molar-refractivity contribution in [2.45, 2.75) is 321 Å². The molecule has 0 heterocycles. The number of carbonyl (C=O) groups is 1. The summed E-state index contributed by atoms with van der Waals surface area (Å²) in [4.78, 5) is 12.5. The van der Waals surface area contributed by atoms with Crippen LogP contribution in [-0.2, 0) is 4.79 Å². The predicted molar refractivity (Wildman–Crippen MR) is 250 cm³/mol. The molecule has 0 rings (SSSR count). The third-order valence-electron chi connectivity index (χ3n) is 12.7. The number of rotatable bonds is 49. The third kappa shape index (κ3) is 43.3. The van der Waals surface area contributed by atoms with Crippen molar-refractivity contribution in [2.75, 3.05) is 6.61 Å². The van der Waals surface area contributed by atoms with Gasteiger partial charge < -0.3 is 20.6 Å². The molecule has 342 valence electrons. The van der Waals surface area contributed by atoms with Crippen LogP contribution >= 0.6 is 0 Å². The molecule has 0 aliphatic carbocycles. The molecule has 1 amide bonds. The summed E-state index contributed by atoms with van der Waals surface area (Å²) in [7, 11) is 0. The van der Waals surface area contributed by atoms with Crippen molar-refractivity contribution in [3.63, 3.8) is 0 Å². The van der Waals surface area contributed by atoms with Crippen molar-refractivity contribution in [2.24, 2.45) is 0 Å².